The minimum atomic E-state index is -0.474. The zero-order chi connectivity index (χ0) is 15.0. The average Bonchev–Trinajstić information content (AvgIpc) is 2.45. The van der Waals surface area contributed by atoms with Gasteiger partial charge < -0.3 is 20.7 Å². The standard InChI is InChI=1S/C14H21N3O3.ClH/c1-16-8-9-17(2)13(18)7-10-20-12-5-3-11(4-6-12)14(15)19;/h3-6,16H,7-10H2,1-2H3,(H2,15,19);1H. The van der Waals surface area contributed by atoms with E-state index in [2.05, 4.69) is 5.32 Å². The van der Waals surface area contributed by atoms with Crippen molar-refractivity contribution in [2.24, 2.45) is 5.73 Å². The Kier molecular flexibility index (Phi) is 9.16. The van der Waals surface area contributed by atoms with Gasteiger partial charge >= 0.3 is 0 Å². The number of nitrogens with zero attached hydrogens (tertiary/aromatic N) is 1. The summed E-state index contributed by atoms with van der Waals surface area (Å²) in [5, 5.41) is 2.99. The van der Waals surface area contributed by atoms with Crippen molar-refractivity contribution in [3.63, 3.8) is 0 Å². The lowest BCUT2D eigenvalue weighted by Crippen LogP contribution is -2.33. The molecule has 1 rings (SSSR count). The van der Waals surface area contributed by atoms with Gasteiger partial charge in [0.25, 0.3) is 0 Å². The molecule has 0 spiro atoms. The molecule has 0 unspecified atom stereocenters. The molecule has 21 heavy (non-hydrogen) atoms. The minimum Gasteiger partial charge on any atom is -0.493 e. The summed E-state index contributed by atoms with van der Waals surface area (Å²) in [5.74, 6) is 0.174. The summed E-state index contributed by atoms with van der Waals surface area (Å²) < 4.78 is 5.45. The predicted molar refractivity (Wildman–Crippen MR) is 83.9 cm³/mol. The Labute approximate surface area is 131 Å². The number of benzene rings is 1. The quantitative estimate of drug-likeness (QED) is 0.738. The van der Waals surface area contributed by atoms with Crippen LogP contribution in [0.5, 0.6) is 5.75 Å². The lowest BCUT2D eigenvalue weighted by molar-refractivity contribution is -0.130. The molecular formula is C14H22ClN3O3. The van der Waals surface area contributed by atoms with Crippen LogP contribution in [0.2, 0.25) is 0 Å². The van der Waals surface area contributed by atoms with Crippen LogP contribution in [0.4, 0.5) is 0 Å². The molecule has 7 heteroatoms. The van der Waals surface area contributed by atoms with Gasteiger partial charge in [-0.1, -0.05) is 0 Å². The van der Waals surface area contributed by atoms with E-state index in [4.69, 9.17) is 10.5 Å². The molecule has 0 saturated heterocycles. The molecule has 0 fully saturated rings. The Bertz CT molecular complexity index is 451. The molecule has 0 radical (unpaired) electrons. The molecule has 0 aromatic heterocycles. The van der Waals surface area contributed by atoms with E-state index in [0.29, 0.717) is 30.9 Å². The van der Waals surface area contributed by atoms with Crippen LogP contribution in [0.3, 0.4) is 0 Å². The summed E-state index contributed by atoms with van der Waals surface area (Å²) in [6, 6.07) is 6.52. The molecular weight excluding hydrogens is 294 g/mol. The minimum absolute atomic E-state index is 0. The maximum absolute atomic E-state index is 11.7. The van der Waals surface area contributed by atoms with Gasteiger partial charge in [-0.05, 0) is 31.3 Å². The fraction of sp³-hybridized carbons (Fsp3) is 0.429. The summed E-state index contributed by atoms with van der Waals surface area (Å²) in [7, 11) is 3.61. The van der Waals surface area contributed by atoms with Crippen molar-refractivity contribution in [2.45, 2.75) is 6.42 Å². The van der Waals surface area contributed by atoms with E-state index in [1.807, 2.05) is 7.05 Å². The number of halogens is 1. The Hall–Kier alpha value is -1.79. The Morgan fingerprint density at radius 3 is 2.43 bits per heavy atom. The smallest absolute Gasteiger partial charge is 0.248 e. The number of hydrogen-bond acceptors (Lipinski definition) is 4. The van der Waals surface area contributed by atoms with Crippen molar-refractivity contribution in [2.75, 3.05) is 33.8 Å². The maximum atomic E-state index is 11.7. The second-order valence-electron chi connectivity index (χ2n) is 4.41. The van der Waals surface area contributed by atoms with Crippen LogP contribution in [0, 0.1) is 0 Å². The lowest BCUT2D eigenvalue weighted by Gasteiger charge is -2.17. The van der Waals surface area contributed by atoms with Crippen molar-refractivity contribution in [1.29, 1.82) is 0 Å². The lowest BCUT2D eigenvalue weighted by atomic mass is 10.2. The number of carbonyl (C=O) groups excluding carboxylic acids is 2. The van der Waals surface area contributed by atoms with Gasteiger partial charge in [0, 0.05) is 25.7 Å². The third-order valence-corrected chi connectivity index (χ3v) is 2.85. The van der Waals surface area contributed by atoms with Gasteiger partial charge in [-0.2, -0.15) is 0 Å². The summed E-state index contributed by atoms with van der Waals surface area (Å²) >= 11 is 0. The highest BCUT2D eigenvalue weighted by Gasteiger charge is 2.08. The fourth-order valence-electron chi connectivity index (χ4n) is 1.57. The first-order valence-corrected chi connectivity index (χ1v) is 6.46. The van der Waals surface area contributed by atoms with Crippen LogP contribution in [0.1, 0.15) is 16.8 Å². The molecule has 0 bridgehead atoms. The first kappa shape index (κ1) is 19.2. The number of likely N-dealkylation sites (N-methyl/N-ethyl adjacent to an activating group) is 2. The summed E-state index contributed by atoms with van der Waals surface area (Å²) in [6.07, 6.45) is 0.317. The Morgan fingerprint density at radius 1 is 1.29 bits per heavy atom. The van der Waals surface area contributed by atoms with E-state index in [1.54, 1.807) is 36.2 Å². The highest BCUT2D eigenvalue weighted by Crippen LogP contribution is 2.12. The summed E-state index contributed by atoms with van der Waals surface area (Å²) in [6.45, 7) is 1.74. The van der Waals surface area contributed by atoms with Gasteiger partial charge in [0.1, 0.15) is 5.75 Å². The largest absolute Gasteiger partial charge is 0.493 e. The van der Waals surface area contributed by atoms with Gasteiger partial charge in [0.05, 0.1) is 13.0 Å². The fourth-order valence-corrected chi connectivity index (χ4v) is 1.57. The van der Waals surface area contributed by atoms with Crippen LogP contribution in [0.25, 0.3) is 0 Å². The van der Waals surface area contributed by atoms with Crippen molar-refractivity contribution < 1.29 is 14.3 Å². The zero-order valence-corrected chi connectivity index (χ0v) is 13.1. The van der Waals surface area contributed by atoms with Crippen molar-refractivity contribution in [3.8, 4) is 5.75 Å². The first-order chi connectivity index (χ1) is 9.54. The molecule has 0 aliphatic carbocycles. The molecule has 0 heterocycles. The number of nitrogens with two attached hydrogens (primary N) is 1. The third kappa shape index (κ3) is 6.97. The topological polar surface area (TPSA) is 84.7 Å². The number of ether oxygens (including phenoxy) is 1. The molecule has 0 atom stereocenters. The molecule has 2 amide bonds. The highest BCUT2D eigenvalue weighted by molar-refractivity contribution is 5.92. The SMILES string of the molecule is CNCCN(C)C(=O)CCOc1ccc(C(N)=O)cc1.Cl. The average molecular weight is 316 g/mol. The number of nitrogens with one attached hydrogen (secondary N) is 1. The Balaban J connectivity index is 0.00000400. The molecule has 1 aromatic carbocycles. The summed E-state index contributed by atoms with van der Waals surface area (Å²) in [4.78, 5) is 24.3. The van der Waals surface area contributed by atoms with Crippen LogP contribution in [-0.2, 0) is 4.79 Å². The van der Waals surface area contributed by atoms with Gasteiger partial charge in [-0.15, -0.1) is 12.4 Å². The van der Waals surface area contributed by atoms with Gasteiger partial charge in [-0.25, -0.2) is 0 Å². The second-order valence-corrected chi connectivity index (χ2v) is 4.41. The number of amides is 2. The van der Waals surface area contributed by atoms with Crippen molar-refractivity contribution in [3.05, 3.63) is 29.8 Å². The first-order valence-electron chi connectivity index (χ1n) is 6.46. The van der Waals surface area contributed by atoms with Gasteiger partial charge in [0.2, 0.25) is 11.8 Å². The van der Waals surface area contributed by atoms with Crippen LogP contribution < -0.4 is 15.8 Å². The molecule has 0 aliphatic heterocycles. The molecule has 1 aromatic rings. The van der Waals surface area contributed by atoms with Crippen LogP contribution in [0.15, 0.2) is 24.3 Å². The third-order valence-electron chi connectivity index (χ3n) is 2.85. The van der Waals surface area contributed by atoms with E-state index in [1.165, 1.54) is 0 Å². The van der Waals surface area contributed by atoms with E-state index in [-0.39, 0.29) is 18.3 Å². The van der Waals surface area contributed by atoms with Crippen molar-refractivity contribution in [1.82, 2.24) is 10.2 Å². The number of hydrogen-bond donors (Lipinski definition) is 2. The number of carbonyl (C=O) groups is 2. The van der Waals surface area contributed by atoms with Gasteiger partial charge in [0.15, 0.2) is 0 Å². The second kappa shape index (κ2) is 10.0. The van der Waals surface area contributed by atoms with E-state index in [0.717, 1.165) is 6.54 Å². The van der Waals surface area contributed by atoms with Crippen molar-refractivity contribution >= 4 is 24.2 Å². The van der Waals surface area contributed by atoms with E-state index >= 15 is 0 Å². The van der Waals surface area contributed by atoms with Crippen LogP contribution in [-0.4, -0.2) is 50.5 Å². The molecule has 118 valence electrons. The van der Waals surface area contributed by atoms with E-state index in [9.17, 15) is 9.59 Å². The molecule has 0 aliphatic rings. The molecule has 0 saturated carbocycles. The maximum Gasteiger partial charge on any atom is 0.248 e. The normalized spacial score (nSPS) is 9.62. The monoisotopic (exact) mass is 315 g/mol. The zero-order valence-electron chi connectivity index (χ0n) is 12.3. The van der Waals surface area contributed by atoms with E-state index < -0.39 is 5.91 Å². The van der Waals surface area contributed by atoms with Crippen LogP contribution >= 0.6 is 12.4 Å². The molecule has 6 nitrogen and oxygen atoms in total. The Morgan fingerprint density at radius 2 is 1.90 bits per heavy atom. The molecule has 3 N–H and O–H groups in total. The number of rotatable bonds is 8. The predicted octanol–water partition coefficient (Wildman–Crippen LogP) is 0.654. The summed E-state index contributed by atoms with van der Waals surface area (Å²) in [5.41, 5.74) is 5.57. The number of primary amides is 1. The van der Waals surface area contributed by atoms with Gasteiger partial charge in [-0.3, -0.25) is 9.59 Å². The highest BCUT2D eigenvalue weighted by atomic mass is 35.5.